The minimum absolute atomic E-state index is 0.0399. The molecule has 1 aliphatic carbocycles. The lowest BCUT2D eigenvalue weighted by Crippen LogP contribution is -2.34. The Morgan fingerprint density at radius 3 is 2.86 bits per heavy atom. The highest BCUT2D eigenvalue weighted by Gasteiger charge is 2.36. The number of nitrogens with two attached hydrogens (primary N) is 1. The van der Waals surface area contributed by atoms with E-state index in [-0.39, 0.29) is 11.7 Å². The summed E-state index contributed by atoms with van der Waals surface area (Å²) in [6.45, 7) is 2.00. The number of hydrogen-bond donors (Lipinski definition) is 1. The van der Waals surface area contributed by atoms with Crippen molar-refractivity contribution < 1.29 is 8.91 Å². The van der Waals surface area contributed by atoms with Gasteiger partial charge in [-0.25, -0.2) is 4.39 Å². The average molecular weight is 289 g/mol. The van der Waals surface area contributed by atoms with Crippen LogP contribution < -0.4 is 5.73 Å². The molecule has 0 spiro atoms. The molecule has 21 heavy (non-hydrogen) atoms. The number of aromatic nitrogens is 2. The zero-order chi connectivity index (χ0) is 14.9. The molecule has 1 aromatic heterocycles. The van der Waals surface area contributed by atoms with Gasteiger partial charge in [-0.1, -0.05) is 37.1 Å². The van der Waals surface area contributed by atoms with Crippen LogP contribution in [0, 0.1) is 5.82 Å². The number of rotatable bonds is 4. The van der Waals surface area contributed by atoms with Gasteiger partial charge in [-0.05, 0) is 37.0 Å². The zero-order valence-corrected chi connectivity index (χ0v) is 12.2. The number of halogens is 1. The fraction of sp³-hybridized carbons (Fsp3) is 0.500. The topological polar surface area (TPSA) is 64.9 Å². The maximum absolute atomic E-state index is 13.2. The second-order valence-electron chi connectivity index (χ2n) is 6.05. The van der Waals surface area contributed by atoms with Gasteiger partial charge in [-0.2, -0.15) is 4.98 Å². The molecule has 2 aromatic rings. The van der Waals surface area contributed by atoms with Crippen molar-refractivity contribution in [1.82, 2.24) is 10.1 Å². The highest BCUT2D eigenvalue weighted by atomic mass is 19.1. The Hall–Kier alpha value is -1.75. The van der Waals surface area contributed by atoms with Crippen LogP contribution in [0.2, 0.25) is 0 Å². The molecular formula is C16H20FN3O. The van der Waals surface area contributed by atoms with E-state index in [2.05, 4.69) is 10.1 Å². The smallest absolute Gasteiger partial charge is 0.229 e. The molecule has 1 fully saturated rings. The first kappa shape index (κ1) is 14.2. The maximum Gasteiger partial charge on any atom is 0.229 e. The minimum Gasteiger partial charge on any atom is -0.339 e. The van der Waals surface area contributed by atoms with Crippen LogP contribution >= 0.6 is 0 Å². The molecule has 1 aromatic carbocycles. The molecule has 0 aliphatic heterocycles. The van der Waals surface area contributed by atoms with Crippen LogP contribution in [-0.2, 0) is 12.0 Å². The first-order chi connectivity index (χ1) is 10.1. The summed E-state index contributed by atoms with van der Waals surface area (Å²) in [4.78, 5) is 4.49. The Morgan fingerprint density at radius 2 is 2.14 bits per heavy atom. The maximum atomic E-state index is 13.2. The Balaban J connectivity index is 1.73. The van der Waals surface area contributed by atoms with Gasteiger partial charge in [0.1, 0.15) is 5.82 Å². The second kappa shape index (κ2) is 5.56. The molecular weight excluding hydrogens is 269 g/mol. The zero-order valence-electron chi connectivity index (χ0n) is 12.2. The third kappa shape index (κ3) is 2.97. The molecule has 112 valence electrons. The second-order valence-corrected chi connectivity index (χ2v) is 6.05. The molecule has 1 atom stereocenters. The van der Waals surface area contributed by atoms with Crippen LogP contribution in [0.25, 0.3) is 0 Å². The molecule has 0 bridgehead atoms. The van der Waals surface area contributed by atoms with E-state index in [1.807, 2.05) is 13.0 Å². The molecule has 4 nitrogen and oxygen atoms in total. The molecule has 0 saturated heterocycles. The Bertz CT molecular complexity index is 619. The fourth-order valence-electron chi connectivity index (χ4n) is 2.97. The summed E-state index contributed by atoms with van der Waals surface area (Å²) in [7, 11) is 0. The Labute approximate surface area is 123 Å². The summed E-state index contributed by atoms with van der Waals surface area (Å²) in [5.74, 6) is 1.00. The molecule has 0 amide bonds. The van der Waals surface area contributed by atoms with Gasteiger partial charge in [-0.3, -0.25) is 0 Å². The quantitative estimate of drug-likeness (QED) is 0.938. The number of hydrogen-bond acceptors (Lipinski definition) is 4. The van der Waals surface area contributed by atoms with E-state index < -0.39 is 5.54 Å². The molecule has 2 N–H and O–H groups in total. The van der Waals surface area contributed by atoms with Gasteiger partial charge in [-0.15, -0.1) is 0 Å². The lowest BCUT2D eigenvalue weighted by Gasteiger charge is -2.17. The van der Waals surface area contributed by atoms with E-state index >= 15 is 0 Å². The lowest BCUT2D eigenvalue weighted by atomic mass is 9.98. The number of nitrogens with zero attached hydrogens (tertiary/aromatic N) is 2. The standard InChI is InChI=1S/C16H20FN3O/c1-11(9-12-5-4-6-13(17)10-12)14-19-15(20-21-14)16(18)7-2-3-8-16/h4-6,10-11H,2-3,7-9,18H2,1H3. The van der Waals surface area contributed by atoms with Gasteiger partial charge in [0.25, 0.3) is 0 Å². The van der Waals surface area contributed by atoms with Crippen LogP contribution in [0.15, 0.2) is 28.8 Å². The van der Waals surface area contributed by atoms with E-state index in [1.54, 1.807) is 6.07 Å². The van der Waals surface area contributed by atoms with Crippen LogP contribution in [0.5, 0.6) is 0 Å². The van der Waals surface area contributed by atoms with Crippen LogP contribution in [0.4, 0.5) is 4.39 Å². The third-order valence-electron chi connectivity index (χ3n) is 4.24. The van der Waals surface area contributed by atoms with Crippen molar-refractivity contribution in [2.45, 2.75) is 50.5 Å². The third-order valence-corrected chi connectivity index (χ3v) is 4.24. The van der Waals surface area contributed by atoms with E-state index in [9.17, 15) is 4.39 Å². The van der Waals surface area contributed by atoms with Gasteiger partial charge in [0, 0.05) is 5.92 Å². The Kier molecular flexibility index (Phi) is 3.76. The molecule has 1 aliphatic rings. The van der Waals surface area contributed by atoms with Crippen LogP contribution in [0.3, 0.4) is 0 Å². The van der Waals surface area contributed by atoms with Gasteiger partial charge in [0.2, 0.25) is 5.89 Å². The van der Waals surface area contributed by atoms with Crippen molar-refractivity contribution in [3.8, 4) is 0 Å². The Morgan fingerprint density at radius 1 is 1.38 bits per heavy atom. The summed E-state index contributed by atoms with van der Waals surface area (Å²) in [5.41, 5.74) is 6.82. The van der Waals surface area contributed by atoms with Crippen molar-refractivity contribution in [3.05, 3.63) is 47.4 Å². The summed E-state index contributed by atoms with van der Waals surface area (Å²) < 4.78 is 18.6. The normalized spacial score (nSPS) is 18.8. The minimum atomic E-state index is -0.430. The first-order valence-electron chi connectivity index (χ1n) is 7.44. The molecule has 3 rings (SSSR count). The van der Waals surface area contributed by atoms with Gasteiger partial charge in [0.05, 0.1) is 5.54 Å². The van der Waals surface area contributed by atoms with Gasteiger partial charge >= 0.3 is 0 Å². The van der Waals surface area contributed by atoms with Crippen LogP contribution in [-0.4, -0.2) is 10.1 Å². The lowest BCUT2D eigenvalue weighted by molar-refractivity contribution is 0.337. The van der Waals surface area contributed by atoms with E-state index in [0.29, 0.717) is 18.1 Å². The molecule has 1 heterocycles. The van der Waals surface area contributed by atoms with Crippen molar-refractivity contribution >= 4 is 0 Å². The first-order valence-corrected chi connectivity index (χ1v) is 7.44. The van der Waals surface area contributed by atoms with E-state index in [1.165, 1.54) is 12.1 Å². The van der Waals surface area contributed by atoms with Crippen LogP contribution in [0.1, 0.15) is 55.8 Å². The summed E-state index contributed by atoms with van der Waals surface area (Å²) in [5, 5.41) is 4.07. The summed E-state index contributed by atoms with van der Waals surface area (Å²) in [6, 6.07) is 6.59. The molecule has 5 heteroatoms. The van der Waals surface area contributed by atoms with Crippen molar-refractivity contribution in [1.29, 1.82) is 0 Å². The molecule has 1 saturated carbocycles. The summed E-state index contributed by atoms with van der Waals surface area (Å²) in [6.07, 6.45) is 4.70. The molecule has 0 radical (unpaired) electrons. The summed E-state index contributed by atoms with van der Waals surface area (Å²) >= 11 is 0. The monoisotopic (exact) mass is 289 g/mol. The van der Waals surface area contributed by atoms with E-state index in [4.69, 9.17) is 10.3 Å². The average Bonchev–Trinajstić information content (AvgIpc) is 3.08. The predicted molar refractivity (Wildman–Crippen MR) is 77.2 cm³/mol. The van der Waals surface area contributed by atoms with Gasteiger partial charge < -0.3 is 10.3 Å². The van der Waals surface area contributed by atoms with Crippen molar-refractivity contribution in [2.24, 2.45) is 5.73 Å². The van der Waals surface area contributed by atoms with E-state index in [0.717, 1.165) is 31.2 Å². The van der Waals surface area contributed by atoms with Crippen molar-refractivity contribution in [2.75, 3.05) is 0 Å². The van der Waals surface area contributed by atoms with Gasteiger partial charge in [0.15, 0.2) is 5.82 Å². The van der Waals surface area contributed by atoms with Crippen molar-refractivity contribution in [3.63, 3.8) is 0 Å². The highest BCUT2D eigenvalue weighted by molar-refractivity contribution is 5.18. The SMILES string of the molecule is CC(Cc1cccc(F)c1)c1nc(C2(N)CCCC2)no1. The predicted octanol–water partition coefficient (Wildman–Crippen LogP) is 3.28. The number of benzene rings is 1. The highest BCUT2D eigenvalue weighted by Crippen LogP contribution is 2.35. The largest absolute Gasteiger partial charge is 0.339 e. The molecule has 1 unspecified atom stereocenters. The fourth-order valence-corrected chi connectivity index (χ4v) is 2.97.